The lowest BCUT2D eigenvalue weighted by molar-refractivity contribution is -0.136. The molecule has 0 saturated heterocycles. The fraction of sp³-hybridized carbons (Fsp3) is 0.450. The second-order valence-corrected chi connectivity index (χ2v) is 7.14. The number of carbonyl (C=O) groups is 3. The maximum Gasteiger partial charge on any atom is 0.408 e. The van der Waals surface area contributed by atoms with Gasteiger partial charge in [-0.3, -0.25) is 14.4 Å². The molecule has 2 atom stereocenters. The lowest BCUT2D eigenvalue weighted by Gasteiger charge is -2.25. The molecule has 3 N–H and O–H groups in total. The summed E-state index contributed by atoms with van der Waals surface area (Å²) in [5, 5.41) is 5.20. The van der Waals surface area contributed by atoms with Gasteiger partial charge in [0.25, 0.3) is 5.91 Å². The van der Waals surface area contributed by atoms with E-state index in [2.05, 4.69) is 27.5 Å². The van der Waals surface area contributed by atoms with Crippen molar-refractivity contribution in [2.24, 2.45) is 0 Å². The first-order valence-electron chi connectivity index (χ1n) is 8.93. The van der Waals surface area contributed by atoms with Gasteiger partial charge in [0, 0.05) is 6.42 Å². The molecule has 3 amide bonds. The van der Waals surface area contributed by atoms with E-state index in [-0.39, 0.29) is 12.8 Å². The minimum Gasteiger partial charge on any atom is -0.444 e. The van der Waals surface area contributed by atoms with Gasteiger partial charge in [-0.25, -0.2) is 10.3 Å². The summed E-state index contributed by atoms with van der Waals surface area (Å²) in [6, 6.07) is 7.40. The first-order valence-corrected chi connectivity index (χ1v) is 8.93. The van der Waals surface area contributed by atoms with Crippen LogP contribution in [-0.2, 0) is 25.6 Å². The fourth-order valence-corrected chi connectivity index (χ4v) is 2.35. The van der Waals surface area contributed by atoms with Crippen molar-refractivity contribution < 1.29 is 24.0 Å². The molecule has 0 aliphatic rings. The first-order chi connectivity index (χ1) is 13.2. The number of hydroxylamine groups is 1. The summed E-state index contributed by atoms with van der Waals surface area (Å²) >= 11 is 0. The summed E-state index contributed by atoms with van der Waals surface area (Å²) in [6.45, 7) is 8.78. The second-order valence-electron chi connectivity index (χ2n) is 7.14. The maximum absolute atomic E-state index is 12.8. The summed E-state index contributed by atoms with van der Waals surface area (Å²) in [4.78, 5) is 41.7. The third-order valence-corrected chi connectivity index (χ3v) is 3.53. The lowest BCUT2D eigenvalue weighted by atomic mass is 10.0. The van der Waals surface area contributed by atoms with Gasteiger partial charge in [-0.05, 0) is 32.8 Å². The van der Waals surface area contributed by atoms with E-state index in [1.807, 2.05) is 30.3 Å². The SMILES string of the molecule is C=CCC(NC(=O)[C@H](Cc1ccccc1)NC(=O)OC(C)(C)C)C(=O)NOC. The molecule has 0 radical (unpaired) electrons. The molecule has 8 nitrogen and oxygen atoms in total. The van der Waals surface area contributed by atoms with E-state index in [1.54, 1.807) is 20.8 Å². The van der Waals surface area contributed by atoms with Gasteiger partial charge in [0.15, 0.2) is 0 Å². The molecular formula is C20H29N3O5. The standard InChI is InChI=1S/C20H29N3O5/c1-6-10-15(18(25)23-27-5)21-17(24)16(13-14-11-8-7-9-12-14)22-19(26)28-20(2,3)4/h6-9,11-12,15-16H,1,10,13H2,2-5H3,(H,21,24)(H,22,26)(H,23,25)/t15?,16-/m0/s1. The summed E-state index contributed by atoms with van der Waals surface area (Å²) < 4.78 is 5.25. The summed E-state index contributed by atoms with van der Waals surface area (Å²) in [5.41, 5.74) is 2.32. The summed E-state index contributed by atoms with van der Waals surface area (Å²) in [6.07, 6.45) is 1.22. The molecule has 1 unspecified atom stereocenters. The first kappa shape index (κ1) is 23.2. The largest absolute Gasteiger partial charge is 0.444 e. The summed E-state index contributed by atoms with van der Waals surface area (Å²) in [7, 11) is 1.30. The Morgan fingerprint density at radius 1 is 1.07 bits per heavy atom. The van der Waals surface area contributed by atoms with Gasteiger partial charge in [0.1, 0.15) is 17.7 Å². The normalized spacial score (nSPS) is 13.0. The predicted molar refractivity (Wildman–Crippen MR) is 105 cm³/mol. The predicted octanol–water partition coefficient (Wildman–Crippen LogP) is 1.86. The van der Waals surface area contributed by atoms with Gasteiger partial charge in [-0.15, -0.1) is 6.58 Å². The zero-order valence-corrected chi connectivity index (χ0v) is 16.8. The van der Waals surface area contributed by atoms with Crippen LogP contribution in [0, 0.1) is 0 Å². The molecule has 0 saturated carbocycles. The molecule has 0 aromatic heterocycles. The number of amides is 3. The van der Waals surface area contributed by atoms with E-state index in [0.717, 1.165) is 5.56 Å². The van der Waals surface area contributed by atoms with Crippen LogP contribution < -0.4 is 16.1 Å². The minimum atomic E-state index is -0.931. The second kappa shape index (κ2) is 11.1. The number of hydrogen-bond donors (Lipinski definition) is 3. The Kier molecular flexibility index (Phi) is 9.17. The molecule has 0 aliphatic heterocycles. The molecule has 1 aromatic carbocycles. The molecule has 28 heavy (non-hydrogen) atoms. The zero-order valence-electron chi connectivity index (χ0n) is 16.8. The number of carbonyl (C=O) groups excluding carboxylic acids is 3. The van der Waals surface area contributed by atoms with E-state index in [9.17, 15) is 14.4 Å². The Labute approximate surface area is 165 Å². The van der Waals surface area contributed by atoms with E-state index in [1.165, 1.54) is 13.2 Å². The summed E-state index contributed by atoms with van der Waals surface area (Å²) in [5.74, 6) is -1.04. The van der Waals surface area contributed by atoms with Gasteiger partial charge in [-0.2, -0.15) is 0 Å². The van der Waals surface area contributed by atoms with E-state index >= 15 is 0 Å². The lowest BCUT2D eigenvalue weighted by Crippen LogP contribution is -2.54. The van der Waals surface area contributed by atoms with Gasteiger partial charge in [-0.1, -0.05) is 36.4 Å². The van der Waals surface area contributed by atoms with Crippen LogP contribution in [-0.4, -0.2) is 42.7 Å². The smallest absolute Gasteiger partial charge is 0.408 e. The molecule has 0 fully saturated rings. The highest BCUT2D eigenvalue weighted by molar-refractivity contribution is 5.91. The highest BCUT2D eigenvalue weighted by Crippen LogP contribution is 2.09. The number of ether oxygens (including phenoxy) is 1. The quantitative estimate of drug-likeness (QED) is 0.440. The molecule has 1 rings (SSSR count). The number of rotatable bonds is 9. The van der Waals surface area contributed by atoms with E-state index < -0.39 is 35.6 Å². The van der Waals surface area contributed by atoms with Crippen molar-refractivity contribution >= 4 is 17.9 Å². The molecule has 8 heteroatoms. The van der Waals surface area contributed by atoms with Gasteiger partial charge in [0.05, 0.1) is 7.11 Å². The monoisotopic (exact) mass is 391 g/mol. The number of nitrogens with one attached hydrogen (secondary N) is 3. The minimum absolute atomic E-state index is 0.200. The highest BCUT2D eigenvalue weighted by atomic mass is 16.6. The molecule has 0 heterocycles. The zero-order chi connectivity index (χ0) is 21.2. The number of alkyl carbamates (subject to hydrolysis) is 1. The molecule has 0 spiro atoms. The van der Waals surface area contributed by atoms with Crippen LogP contribution in [0.3, 0.4) is 0 Å². The highest BCUT2D eigenvalue weighted by Gasteiger charge is 2.28. The van der Waals surface area contributed by atoms with Crippen LogP contribution >= 0.6 is 0 Å². The third-order valence-electron chi connectivity index (χ3n) is 3.53. The average molecular weight is 391 g/mol. The Morgan fingerprint density at radius 2 is 1.71 bits per heavy atom. The average Bonchev–Trinajstić information content (AvgIpc) is 2.60. The van der Waals surface area contributed by atoms with Crippen molar-refractivity contribution in [3.05, 3.63) is 48.6 Å². The Morgan fingerprint density at radius 3 is 2.25 bits per heavy atom. The number of benzene rings is 1. The van der Waals surface area contributed by atoms with Crippen LogP contribution in [0.4, 0.5) is 4.79 Å². The van der Waals surface area contributed by atoms with Crippen LogP contribution in [0.5, 0.6) is 0 Å². The van der Waals surface area contributed by atoms with Crippen molar-refractivity contribution in [2.45, 2.75) is 51.3 Å². The van der Waals surface area contributed by atoms with E-state index in [0.29, 0.717) is 0 Å². The molecule has 1 aromatic rings. The Balaban J connectivity index is 2.94. The molecule has 154 valence electrons. The van der Waals surface area contributed by atoms with Crippen LogP contribution in [0.25, 0.3) is 0 Å². The van der Waals surface area contributed by atoms with Crippen molar-refractivity contribution in [1.29, 1.82) is 0 Å². The van der Waals surface area contributed by atoms with Crippen molar-refractivity contribution in [3.8, 4) is 0 Å². The Bertz CT molecular complexity index is 670. The van der Waals surface area contributed by atoms with Gasteiger partial charge in [0.2, 0.25) is 5.91 Å². The Hall–Kier alpha value is -2.87. The molecule has 0 aliphatic carbocycles. The molecule has 0 bridgehead atoms. The third kappa shape index (κ3) is 8.68. The van der Waals surface area contributed by atoms with Crippen LogP contribution in [0.15, 0.2) is 43.0 Å². The van der Waals surface area contributed by atoms with Crippen LogP contribution in [0.1, 0.15) is 32.8 Å². The number of hydrogen-bond acceptors (Lipinski definition) is 5. The van der Waals surface area contributed by atoms with Crippen molar-refractivity contribution in [1.82, 2.24) is 16.1 Å². The van der Waals surface area contributed by atoms with Crippen molar-refractivity contribution in [3.63, 3.8) is 0 Å². The van der Waals surface area contributed by atoms with Crippen molar-refractivity contribution in [2.75, 3.05) is 7.11 Å². The van der Waals surface area contributed by atoms with Gasteiger partial charge < -0.3 is 15.4 Å². The topological polar surface area (TPSA) is 106 Å². The fourth-order valence-electron chi connectivity index (χ4n) is 2.35. The van der Waals surface area contributed by atoms with E-state index in [4.69, 9.17) is 4.74 Å². The molecular weight excluding hydrogens is 362 g/mol. The van der Waals surface area contributed by atoms with Gasteiger partial charge >= 0.3 is 6.09 Å². The maximum atomic E-state index is 12.8. The van der Waals surface area contributed by atoms with Crippen LogP contribution in [0.2, 0.25) is 0 Å².